The molecule has 0 aliphatic carbocycles. The minimum absolute atomic E-state index is 0.0716. The van der Waals surface area contributed by atoms with Gasteiger partial charge < -0.3 is 14.6 Å². The van der Waals surface area contributed by atoms with Crippen LogP contribution in [0, 0.1) is 0 Å². The van der Waals surface area contributed by atoms with Crippen LogP contribution in [0.5, 0.6) is 0 Å². The van der Waals surface area contributed by atoms with E-state index in [2.05, 4.69) is 36.5 Å². The molecule has 1 amide bonds. The van der Waals surface area contributed by atoms with Crippen LogP contribution in [0.2, 0.25) is 0 Å². The summed E-state index contributed by atoms with van der Waals surface area (Å²) in [6, 6.07) is 8.35. The molecule has 136 valence electrons. The van der Waals surface area contributed by atoms with Crippen molar-refractivity contribution in [2.45, 2.75) is 57.6 Å². The predicted octanol–water partition coefficient (Wildman–Crippen LogP) is 3.95. The third kappa shape index (κ3) is 5.12. The highest BCUT2D eigenvalue weighted by molar-refractivity contribution is 7.99. The van der Waals surface area contributed by atoms with E-state index in [0.29, 0.717) is 6.54 Å². The summed E-state index contributed by atoms with van der Waals surface area (Å²) in [4.78, 5) is 12.6. The SMILES string of the molecule is CCSc1cccc(C=C(CNC(C)=O)B2OC(C)(C)C(C)(C)O2)c1. The Bertz CT molecular complexity index is 642. The lowest BCUT2D eigenvalue weighted by atomic mass is 9.77. The quantitative estimate of drug-likeness (QED) is 0.616. The van der Waals surface area contributed by atoms with Crippen molar-refractivity contribution in [3.8, 4) is 0 Å². The molecular weight excluding hydrogens is 333 g/mol. The zero-order valence-electron chi connectivity index (χ0n) is 16.0. The molecule has 0 atom stereocenters. The number of amides is 1. The molecule has 6 heteroatoms. The maximum Gasteiger partial charge on any atom is 0.492 e. The van der Waals surface area contributed by atoms with Crippen molar-refractivity contribution >= 4 is 30.9 Å². The molecule has 1 N–H and O–H groups in total. The standard InChI is InChI=1S/C19H28BNO3S/c1-7-25-17-10-8-9-15(12-17)11-16(13-21-14(2)22)20-23-18(3,4)19(5,6)24-20/h8-12H,7,13H2,1-6H3,(H,21,22). The second-order valence-corrected chi connectivity index (χ2v) is 8.56. The monoisotopic (exact) mass is 361 g/mol. The first-order chi connectivity index (χ1) is 11.6. The normalized spacial score (nSPS) is 19.1. The molecule has 1 saturated heterocycles. The molecule has 1 fully saturated rings. The number of nitrogens with one attached hydrogen (secondary N) is 1. The number of hydrogen-bond donors (Lipinski definition) is 1. The van der Waals surface area contributed by atoms with Gasteiger partial charge in [-0.15, -0.1) is 11.8 Å². The Labute approximate surface area is 155 Å². The Morgan fingerprint density at radius 3 is 2.44 bits per heavy atom. The highest BCUT2D eigenvalue weighted by atomic mass is 32.2. The molecule has 1 aromatic carbocycles. The van der Waals surface area contributed by atoms with Gasteiger partial charge in [0.25, 0.3) is 0 Å². The highest BCUT2D eigenvalue weighted by Crippen LogP contribution is 2.38. The number of rotatable bonds is 6. The molecule has 25 heavy (non-hydrogen) atoms. The van der Waals surface area contributed by atoms with E-state index in [9.17, 15) is 4.79 Å². The van der Waals surface area contributed by atoms with Crippen LogP contribution in [0.1, 0.15) is 47.1 Å². The molecule has 1 aromatic rings. The fourth-order valence-corrected chi connectivity index (χ4v) is 3.23. The van der Waals surface area contributed by atoms with Gasteiger partial charge in [-0.1, -0.05) is 25.1 Å². The van der Waals surface area contributed by atoms with Crippen molar-refractivity contribution in [3.05, 3.63) is 35.3 Å². The molecule has 0 bridgehead atoms. The molecule has 4 nitrogen and oxygen atoms in total. The largest absolute Gasteiger partial charge is 0.492 e. The van der Waals surface area contributed by atoms with Crippen LogP contribution in [-0.2, 0) is 14.1 Å². The molecule has 0 radical (unpaired) electrons. The van der Waals surface area contributed by atoms with E-state index >= 15 is 0 Å². The van der Waals surface area contributed by atoms with Gasteiger partial charge in [0.15, 0.2) is 0 Å². The third-order valence-corrected chi connectivity index (χ3v) is 5.49. The molecule has 1 heterocycles. The van der Waals surface area contributed by atoms with E-state index in [1.807, 2.05) is 33.8 Å². The number of hydrogen-bond acceptors (Lipinski definition) is 4. The lowest BCUT2D eigenvalue weighted by Crippen LogP contribution is -2.41. The average Bonchev–Trinajstić information content (AvgIpc) is 2.72. The zero-order valence-corrected chi connectivity index (χ0v) is 16.8. The molecule has 0 saturated carbocycles. The van der Waals surface area contributed by atoms with Gasteiger partial charge >= 0.3 is 7.12 Å². The van der Waals surface area contributed by atoms with Crippen molar-refractivity contribution < 1.29 is 14.1 Å². The number of carbonyl (C=O) groups excluding carboxylic acids is 1. The summed E-state index contributed by atoms with van der Waals surface area (Å²) in [6.07, 6.45) is 2.05. The summed E-state index contributed by atoms with van der Waals surface area (Å²) in [6.45, 7) is 12.2. The van der Waals surface area contributed by atoms with E-state index < -0.39 is 18.3 Å². The van der Waals surface area contributed by atoms with Crippen molar-refractivity contribution in [1.82, 2.24) is 5.32 Å². The van der Waals surface area contributed by atoms with Crippen LogP contribution in [0.25, 0.3) is 6.08 Å². The molecule has 0 spiro atoms. The Hall–Kier alpha value is -1.24. The summed E-state index contributed by atoms with van der Waals surface area (Å²) in [5.41, 5.74) is 1.17. The highest BCUT2D eigenvalue weighted by Gasteiger charge is 2.52. The topological polar surface area (TPSA) is 47.6 Å². The van der Waals surface area contributed by atoms with Crippen LogP contribution >= 0.6 is 11.8 Å². The average molecular weight is 361 g/mol. The van der Waals surface area contributed by atoms with Gasteiger partial charge in [0.1, 0.15) is 0 Å². The number of carbonyl (C=O) groups is 1. The van der Waals surface area contributed by atoms with Crippen LogP contribution in [0.4, 0.5) is 0 Å². The number of thioether (sulfide) groups is 1. The van der Waals surface area contributed by atoms with Gasteiger partial charge in [-0.05, 0) is 56.6 Å². The van der Waals surface area contributed by atoms with E-state index in [1.165, 1.54) is 11.8 Å². The lowest BCUT2D eigenvalue weighted by Gasteiger charge is -2.32. The summed E-state index contributed by atoms with van der Waals surface area (Å²) < 4.78 is 12.3. The predicted molar refractivity (Wildman–Crippen MR) is 106 cm³/mol. The minimum Gasteiger partial charge on any atom is -0.400 e. The van der Waals surface area contributed by atoms with Gasteiger partial charge in [0.05, 0.1) is 11.2 Å². The first kappa shape index (κ1) is 20.1. The first-order valence-electron chi connectivity index (χ1n) is 8.68. The van der Waals surface area contributed by atoms with Crippen LogP contribution in [-0.4, -0.2) is 36.5 Å². The summed E-state index contributed by atoms with van der Waals surface area (Å²) >= 11 is 1.81. The number of benzene rings is 1. The minimum atomic E-state index is -0.473. The van der Waals surface area contributed by atoms with E-state index in [1.54, 1.807) is 11.8 Å². The molecule has 1 aliphatic heterocycles. The van der Waals surface area contributed by atoms with Crippen LogP contribution in [0.15, 0.2) is 34.6 Å². The van der Waals surface area contributed by atoms with Crippen LogP contribution in [0.3, 0.4) is 0 Å². The fourth-order valence-electron chi connectivity index (χ4n) is 2.50. The Morgan fingerprint density at radius 2 is 1.88 bits per heavy atom. The van der Waals surface area contributed by atoms with Gasteiger partial charge in [-0.25, -0.2) is 0 Å². The van der Waals surface area contributed by atoms with Crippen molar-refractivity contribution in [2.75, 3.05) is 12.3 Å². The Balaban J connectivity index is 2.30. The molecule has 0 aromatic heterocycles. The van der Waals surface area contributed by atoms with E-state index in [-0.39, 0.29) is 5.91 Å². The first-order valence-corrected chi connectivity index (χ1v) is 9.66. The van der Waals surface area contributed by atoms with Gasteiger partial charge in [-0.3, -0.25) is 4.79 Å². The summed E-state index contributed by atoms with van der Waals surface area (Å²) in [5.74, 6) is 0.959. The van der Waals surface area contributed by atoms with Crippen molar-refractivity contribution in [2.24, 2.45) is 0 Å². The summed E-state index contributed by atoms with van der Waals surface area (Å²) in [7, 11) is -0.473. The smallest absolute Gasteiger partial charge is 0.400 e. The molecule has 1 aliphatic rings. The fraction of sp³-hybridized carbons (Fsp3) is 0.526. The zero-order chi connectivity index (χ0) is 18.7. The molecular formula is C19H28BNO3S. The Kier molecular flexibility index (Phi) is 6.41. The summed E-state index contributed by atoms with van der Waals surface area (Å²) in [5, 5.41) is 2.86. The van der Waals surface area contributed by atoms with Gasteiger partial charge in [0.2, 0.25) is 5.91 Å². The third-order valence-electron chi connectivity index (χ3n) is 4.62. The Morgan fingerprint density at radius 1 is 1.24 bits per heavy atom. The van der Waals surface area contributed by atoms with Gasteiger partial charge in [-0.2, -0.15) is 0 Å². The van der Waals surface area contributed by atoms with E-state index in [0.717, 1.165) is 16.8 Å². The maximum absolute atomic E-state index is 11.4. The van der Waals surface area contributed by atoms with Crippen molar-refractivity contribution in [3.63, 3.8) is 0 Å². The molecule has 0 unspecified atom stereocenters. The lowest BCUT2D eigenvalue weighted by molar-refractivity contribution is -0.118. The van der Waals surface area contributed by atoms with Crippen LogP contribution < -0.4 is 5.32 Å². The van der Waals surface area contributed by atoms with E-state index in [4.69, 9.17) is 9.31 Å². The van der Waals surface area contributed by atoms with Crippen molar-refractivity contribution in [1.29, 1.82) is 0 Å². The second-order valence-electron chi connectivity index (χ2n) is 7.22. The molecule has 2 rings (SSSR count). The van der Waals surface area contributed by atoms with Gasteiger partial charge in [0, 0.05) is 18.4 Å². The second kappa shape index (κ2) is 7.98. The maximum atomic E-state index is 11.4.